The topological polar surface area (TPSA) is 29.5 Å². The standard InChI is InChI=1S/C9H16O2/c1-3-7-4-5-9(11-2)8(10)6-7/h3,8-10H,4-6H2,1-2H3/b7-3+. The fraction of sp³-hybridized carbons (Fsp3) is 0.778. The van der Waals surface area contributed by atoms with E-state index in [2.05, 4.69) is 6.08 Å². The molecule has 1 rings (SSSR count). The molecule has 0 saturated heterocycles. The smallest absolute Gasteiger partial charge is 0.0838 e. The van der Waals surface area contributed by atoms with E-state index in [0.29, 0.717) is 0 Å². The lowest BCUT2D eigenvalue weighted by Gasteiger charge is -2.27. The van der Waals surface area contributed by atoms with Crippen LogP contribution in [0.15, 0.2) is 11.6 Å². The summed E-state index contributed by atoms with van der Waals surface area (Å²) < 4.78 is 5.12. The normalized spacial score (nSPS) is 36.1. The molecular formula is C9H16O2. The average Bonchev–Trinajstić information content (AvgIpc) is 2.04. The predicted molar refractivity (Wildman–Crippen MR) is 44.4 cm³/mol. The second-order valence-corrected chi connectivity index (χ2v) is 3.03. The van der Waals surface area contributed by atoms with E-state index in [0.717, 1.165) is 19.3 Å². The highest BCUT2D eigenvalue weighted by molar-refractivity contribution is 5.06. The van der Waals surface area contributed by atoms with Crippen LogP contribution in [0.25, 0.3) is 0 Å². The molecule has 2 atom stereocenters. The van der Waals surface area contributed by atoms with Crippen LogP contribution in [-0.4, -0.2) is 24.4 Å². The number of hydrogen-bond donors (Lipinski definition) is 1. The fourth-order valence-corrected chi connectivity index (χ4v) is 1.56. The number of aliphatic hydroxyl groups excluding tert-OH is 1. The minimum Gasteiger partial charge on any atom is -0.390 e. The molecular weight excluding hydrogens is 140 g/mol. The third-order valence-corrected chi connectivity index (χ3v) is 2.36. The molecule has 0 radical (unpaired) electrons. The number of rotatable bonds is 1. The van der Waals surface area contributed by atoms with E-state index in [1.807, 2.05) is 6.92 Å². The Labute approximate surface area is 67.9 Å². The van der Waals surface area contributed by atoms with Crippen LogP contribution in [0.1, 0.15) is 26.2 Å². The molecule has 64 valence electrons. The maximum atomic E-state index is 9.50. The average molecular weight is 156 g/mol. The van der Waals surface area contributed by atoms with Crippen molar-refractivity contribution < 1.29 is 9.84 Å². The summed E-state index contributed by atoms with van der Waals surface area (Å²) in [6.45, 7) is 2.02. The summed E-state index contributed by atoms with van der Waals surface area (Å²) in [5, 5.41) is 9.50. The largest absolute Gasteiger partial charge is 0.390 e. The molecule has 0 spiro atoms. The van der Waals surface area contributed by atoms with Gasteiger partial charge in [0.05, 0.1) is 12.2 Å². The molecule has 1 fully saturated rings. The monoisotopic (exact) mass is 156 g/mol. The third kappa shape index (κ3) is 2.04. The van der Waals surface area contributed by atoms with E-state index >= 15 is 0 Å². The highest BCUT2D eigenvalue weighted by Gasteiger charge is 2.24. The number of allylic oxidation sites excluding steroid dienone is 1. The Balaban J connectivity index is 2.47. The molecule has 1 aliphatic rings. The van der Waals surface area contributed by atoms with Crippen molar-refractivity contribution in [1.82, 2.24) is 0 Å². The van der Waals surface area contributed by atoms with Crippen LogP contribution < -0.4 is 0 Å². The molecule has 2 unspecified atom stereocenters. The van der Waals surface area contributed by atoms with Crippen LogP contribution in [0.3, 0.4) is 0 Å². The van der Waals surface area contributed by atoms with E-state index in [-0.39, 0.29) is 12.2 Å². The van der Waals surface area contributed by atoms with Gasteiger partial charge in [-0.3, -0.25) is 0 Å². The van der Waals surface area contributed by atoms with Gasteiger partial charge in [0.1, 0.15) is 0 Å². The van der Waals surface area contributed by atoms with Crippen molar-refractivity contribution in [1.29, 1.82) is 0 Å². The summed E-state index contributed by atoms with van der Waals surface area (Å²) >= 11 is 0. The van der Waals surface area contributed by atoms with Crippen molar-refractivity contribution in [3.63, 3.8) is 0 Å². The molecule has 11 heavy (non-hydrogen) atoms. The Bertz CT molecular complexity index is 152. The number of ether oxygens (including phenoxy) is 1. The van der Waals surface area contributed by atoms with Crippen LogP contribution in [0, 0.1) is 0 Å². The molecule has 0 heterocycles. The first-order chi connectivity index (χ1) is 5.27. The maximum Gasteiger partial charge on any atom is 0.0838 e. The van der Waals surface area contributed by atoms with Crippen molar-refractivity contribution >= 4 is 0 Å². The summed E-state index contributed by atoms with van der Waals surface area (Å²) in [4.78, 5) is 0. The van der Waals surface area contributed by atoms with Gasteiger partial charge in [-0.1, -0.05) is 11.6 Å². The minimum absolute atomic E-state index is 0.0544. The highest BCUT2D eigenvalue weighted by Crippen LogP contribution is 2.25. The molecule has 0 aromatic rings. The highest BCUT2D eigenvalue weighted by atomic mass is 16.5. The van der Waals surface area contributed by atoms with Crippen molar-refractivity contribution in [2.45, 2.75) is 38.4 Å². The third-order valence-electron chi connectivity index (χ3n) is 2.36. The number of aliphatic hydroxyl groups is 1. The van der Waals surface area contributed by atoms with Crippen molar-refractivity contribution in [3.8, 4) is 0 Å². The van der Waals surface area contributed by atoms with Crippen LogP contribution in [0.2, 0.25) is 0 Å². The lowest BCUT2D eigenvalue weighted by molar-refractivity contribution is -0.0251. The van der Waals surface area contributed by atoms with Crippen molar-refractivity contribution in [2.75, 3.05) is 7.11 Å². The fourth-order valence-electron chi connectivity index (χ4n) is 1.56. The quantitative estimate of drug-likeness (QED) is 0.583. The van der Waals surface area contributed by atoms with Crippen molar-refractivity contribution in [2.24, 2.45) is 0 Å². The molecule has 1 N–H and O–H groups in total. The Morgan fingerprint density at radius 1 is 1.64 bits per heavy atom. The molecule has 0 aliphatic heterocycles. The molecule has 0 amide bonds. The van der Waals surface area contributed by atoms with Crippen LogP contribution in [-0.2, 0) is 4.74 Å². The Morgan fingerprint density at radius 3 is 2.82 bits per heavy atom. The van der Waals surface area contributed by atoms with Gasteiger partial charge in [-0.2, -0.15) is 0 Å². The zero-order chi connectivity index (χ0) is 8.27. The summed E-state index contributed by atoms with van der Waals surface area (Å²) in [6.07, 6.45) is 4.67. The van der Waals surface area contributed by atoms with Gasteiger partial charge in [0, 0.05) is 7.11 Å². The molecule has 0 aromatic heterocycles. The lowest BCUT2D eigenvalue weighted by Crippen LogP contribution is -2.32. The first-order valence-electron chi connectivity index (χ1n) is 4.13. The Morgan fingerprint density at radius 2 is 2.36 bits per heavy atom. The summed E-state index contributed by atoms with van der Waals surface area (Å²) in [5.74, 6) is 0. The predicted octanol–water partition coefficient (Wildman–Crippen LogP) is 1.49. The second-order valence-electron chi connectivity index (χ2n) is 3.03. The van der Waals surface area contributed by atoms with Gasteiger partial charge in [-0.15, -0.1) is 0 Å². The van der Waals surface area contributed by atoms with Crippen LogP contribution in [0.5, 0.6) is 0 Å². The molecule has 0 bridgehead atoms. The van der Waals surface area contributed by atoms with Gasteiger partial charge >= 0.3 is 0 Å². The zero-order valence-electron chi connectivity index (χ0n) is 7.21. The van der Waals surface area contributed by atoms with E-state index in [9.17, 15) is 5.11 Å². The Kier molecular flexibility index (Phi) is 3.09. The van der Waals surface area contributed by atoms with E-state index in [4.69, 9.17) is 4.74 Å². The minimum atomic E-state index is -0.292. The van der Waals surface area contributed by atoms with E-state index < -0.39 is 0 Å². The van der Waals surface area contributed by atoms with Gasteiger partial charge in [-0.05, 0) is 26.2 Å². The first kappa shape index (κ1) is 8.75. The zero-order valence-corrected chi connectivity index (χ0v) is 7.21. The van der Waals surface area contributed by atoms with Crippen LogP contribution >= 0.6 is 0 Å². The molecule has 1 aliphatic carbocycles. The maximum absolute atomic E-state index is 9.50. The van der Waals surface area contributed by atoms with Gasteiger partial charge in [0.2, 0.25) is 0 Å². The van der Waals surface area contributed by atoms with Gasteiger partial charge < -0.3 is 9.84 Å². The summed E-state index contributed by atoms with van der Waals surface area (Å²) in [5.41, 5.74) is 1.35. The van der Waals surface area contributed by atoms with Gasteiger partial charge in [0.25, 0.3) is 0 Å². The van der Waals surface area contributed by atoms with Gasteiger partial charge in [0.15, 0.2) is 0 Å². The van der Waals surface area contributed by atoms with Crippen LogP contribution in [0.4, 0.5) is 0 Å². The SMILES string of the molecule is C/C=C1\CCC(OC)C(O)C1. The lowest BCUT2D eigenvalue weighted by atomic mass is 9.90. The summed E-state index contributed by atoms with van der Waals surface area (Å²) in [6, 6.07) is 0. The molecule has 0 aromatic carbocycles. The van der Waals surface area contributed by atoms with E-state index in [1.54, 1.807) is 7.11 Å². The number of hydrogen-bond acceptors (Lipinski definition) is 2. The molecule has 1 saturated carbocycles. The Hall–Kier alpha value is -0.340. The van der Waals surface area contributed by atoms with Crippen molar-refractivity contribution in [3.05, 3.63) is 11.6 Å². The molecule has 2 nitrogen and oxygen atoms in total. The summed E-state index contributed by atoms with van der Waals surface area (Å²) in [7, 11) is 1.66. The van der Waals surface area contributed by atoms with E-state index in [1.165, 1.54) is 5.57 Å². The first-order valence-corrected chi connectivity index (χ1v) is 4.13. The van der Waals surface area contributed by atoms with Gasteiger partial charge in [-0.25, -0.2) is 0 Å². The molecule has 2 heteroatoms. The number of methoxy groups -OCH3 is 1. The second kappa shape index (κ2) is 3.88.